The van der Waals surface area contributed by atoms with Gasteiger partial charge in [0.05, 0.1) is 19.0 Å². The Morgan fingerprint density at radius 3 is 2.72 bits per heavy atom. The molecular weight excluding hydrogens is 409 g/mol. The molecule has 2 heterocycles. The van der Waals surface area contributed by atoms with Crippen molar-refractivity contribution in [2.45, 2.75) is 26.5 Å². The lowest BCUT2D eigenvalue weighted by molar-refractivity contribution is -0.0265. The number of nitrogens with two attached hydrogens (primary N) is 1. The van der Waals surface area contributed by atoms with Crippen LogP contribution in [0, 0.1) is 0 Å². The second-order valence-corrected chi connectivity index (χ2v) is 7.86. The molecule has 29 heavy (non-hydrogen) atoms. The zero-order valence-corrected chi connectivity index (χ0v) is 17.2. The molecule has 0 saturated carbocycles. The second kappa shape index (κ2) is 11.0. The van der Waals surface area contributed by atoms with Crippen LogP contribution in [0.5, 0.6) is 0 Å². The van der Waals surface area contributed by atoms with Crippen molar-refractivity contribution < 1.29 is 37.4 Å². The van der Waals surface area contributed by atoms with E-state index in [9.17, 15) is 9.36 Å². The maximum atomic E-state index is 12.7. The van der Waals surface area contributed by atoms with Gasteiger partial charge < -0.3 is 29.2 Å². The number of ether oxygens (including phenoxy) is 4. The zero-order valence-electron chi connectivity index (χ0n) is 16.3. The van der Waals surface area contributed by atoms with Gasteiger partial charge in [-0.3, -0.25) is 13.6 Å². The lowest BCUT2D eigenvalue weighted by atomic mass is 10.5. The summed E-state index contributed by atoms with van der Waals surface area (Å²) in [6.07, 6.45) is 1.18. The minimum Gasteiger partial charge on any atom is -0.432 e. The maximum absolute atomic E-state index is 12.7. The van der Waals surface area contributed by atoms with Crippen molar-refractivity contribution in [1.29, 1.82) is 0 Å². The molecule has 0 aromatic carbocycles. The number of nitrogens with zero attached hydrogens (tertiary/aromatic N) is 4. The molecule has 0 fully saturated rings. The molecule has 1 unspecified atom stereocenters. The number of hydrogen-bond donors (Lipinski definition) is 1. The number of methoxy groups -OCH3 is 1. The number of carbonyl (C=O) groups is 1. The summed E-state index contributed by atoms with van der Waals surface area (Å²) in [5.41, 5.74) is 6.77. The molecule has 2 N–H and O–H groups in total. The third kappa shape index (κ3) is 7.22. The van der Waals surface area contributed by atoms with Crippen molar-refractivity contribution in [3.05, 3.63) is 12.7 Å². The van der Waals surface area contributed by atoms with E-state index in [1.54, 1.807) is 24.7 Å². The highest BCUT2D eigenvalue weighted by Crippen LogP contribution is 2.48. The highest BCUT2D eigenvalue weighted by atomic mass is 31.2. The van der Waals surface area contributed by atoms with Crippen molar-refractivity contribution in [1.82, 2.24) is 19.5 Å². The Labute approximate surface area is 166 Å². The number of nitrogen functional groups attached to an aromatic ring is 1. The van der Waals surface area contributed by atoms with E-state index >= 15 is 0 Å². The van der Waals surface area contributed by atoms with Crippen LogP contribution in [-0.2, 0) is 39.1 Å². The van der Waals surface area contributed by atoms with E-state index < -0.39 is 20.5 Å². The molecule has 13 nitrogen and oxygen atoms in total. The number of rotatable bonds is 12. The number of aromatic nitrogens is 4. The van der Waals surface area contributed by atoms with Crippen LogP contribution in [0.2, 0.25) is 0 Å². The third-order valence-electron chi connectivity index (χ3n) is 3.28. The fourth-order valence-electron chi connectivity index (χ4n) is 2.03. The Bertz CT molecular complexity index is 845. The first-order valence-electron chi connectivity index (χ1n) is 8.54. The molecule has 0 saturated heterocycles. The van der Waals surface area contributed by atoms with E-state index in [2.05, 4.69) is 19.7 Å². The second-order valence-electron chi connectivity index (χ2n) is 5.86. The predicted molar refractivity (Wildman–Crippen MR) is 99.8 cm³/mol. The average Bonchev–Trinajstić information content (AvgIpc) is 3.08. The molecular formula is C15H24N5O8P. The van der Waals surface area contributed by atoms with Crippen molar-refractivity contribution >= 4 is 30.7 Å². The number of anilines is 1. The van der Waals surface area contributed by atoms with E-state index in [1.807, 2.05) is 0 Å². The maximum Gasteiger partial charge on any atom is 0.510 e. The number of carbonyl (C=O) groups excluding carboxylic acids is 1. The van der Waals surface area contributed by atoms with Gasteiger partial charge in [-0.15, -0.1) is 0 Å². The van der Waals surface area contributed by atoms with Crippen LogP contribution in [0.4, 0.5) is 10.6 Å². The summed E-state index contributed by atoms with van der Waals surface area (Å²) < 4.78 is 44.1. The molecule has 2 aromatic heterocycles. The molecule has 14 heteroatoms. The van der Waals surface area contributed by atoms with Gasteiger partial charge in [0.1, 0.15) is 18.2 Å². The van der Waals surface area contributed by atoms with Gasteiger partial charge in [-0.2, -0.15) is 0 Å². The molecule has 2 rings (SSSR count). The van der Waals surface area contributed by atoms with E-state index in [4.69, 9.17) is 29.0 Å². The van der Waals surface area contributed by atoms with Gasteiger partial charge in [-0.25, -0.2) is 19.7 Å². The number of hydrogen-bond acceptors (Lipinski definition) is 12. The van der Waals surface area contributed by atoms with Crippen LogP contribution in [0.3, 0.4) is 0 Å². The van der Waals surface area contributed by atoms with Crippen LogP contribution in [0.25, 0.3) is 11.2 Å². The quantitative estimate of drug-likeness (QED) is 0.224. The van der Waals surface area contributed by atoms with Crippen LogP contribution in [-0.4, -0.2) is 65.4 Å². The lowest BCUT2D eigenvalue weighted by Crippen LogP contribution is -2.16. The fraction of sp³-hybridized carbons (Fsp3) is 0.600. The molecule has 0 spiro atoms. The van der Waals surface area contributed by atoms with Crippen molar-refractivity contribution in [3.63, 3.8) is 0 Å². The van der Waals surface area contributed by atoms with Crippen molar-refractivity contribution in [3.8, 4) is 0 Å². The standard InChI is InChI=1S/C15H24N5O8P/c1-11(2)28-15(21)25-9-27-29(22,26-8-23-3)10-24-5-4-20-7-19-12-13(16)17-6-18-14(12)20/h6-7,11H,4-5,8-10H2,1-3H3,(H2,16,17,18). The number of imidazole rings is 1. The smallest absolute Gasteiger partial charge is 0.432 e. The first-order valence-corrected chi connectivity index (χ1v) is 10.3. The third-order valence-corrected chi connectivity index (χ3v) is 4.78. The van der Waals surface area contributed by atoms with Gasteiger partial charge in [-0.1, -0.05) is 0 Å². The highest BCUT2D eigenvalue weighted by Gasteiger charge is 2.26. The summed E-state index contributed by atoms with van der Waals surface area (Å²) in [5, 5.41) is 0. The minimum atomic E-state index is -3.74. The summed E-state index contributed by atoms with van der Waals surface area (Å²) in [5.74, 6) is 0.275. The van der Waals surface area contributed by atoms with Gasteiger partial charge in [0, 0.05) is 13.7 Å². The molecule has 0 amide bonds. The Balaban J connectivity index is 1.83. The summed E-state index contributed by atoms with van der Waals surface area (Å²) in [6.45, 7) is 2.90. The molecule has 0 aliphatic heterocycles. The topological polar surface area (TPSA) is 159 Å². The molecule has 0 bridgehead atoms. The normalized spacial score (nSPS) is 13.5. The predicted octanol–water partition coefficient (Wildman–Crippen LogP) is 1.73. The van der Waals surface area contributed by atoms with Crippen LogP contribution >= 0.6 is 7.60 Å². The van der Waals surface area contributed by atoms with Gasteiger partial charge in [0.25, 0.3) is 0 Å². The SMILES string of the molecule is COCOP(=O)(COCCn1cnc2c(N)ncnc21)OCOC(=O)OC(C)C. The van der Waals surface area contributed by atoms with Crippen LogP contribution < -0.4 is 5.73 Å². The summed E-state index contributed by atoms with van der Waals surface area (Å²) >= 11 is 0. The first-order chi connectivity index (χ1) is 13.8. The first kappa shape index (κ1) is 23.0. The van der Waals surface area contributed by atoms with Crippen molar-refractivity contribution in [2.75, 3.05) is 39.4 Å². The molecule has 2 aromatic rings. The average molecular weight is 433 g/mol. The Morgan fingerprint density at radius 1 is 1.24 bits per heavy atom. The largest absolute Gasteiger partial charge is 0.510 e. The molecule has 1 atom stereocenters. The monoisotopic (exact) mass is 433 g/mol. The van der Waals surface area contributed by atoms with E-state index in [-0.39, 0.29) is 31.7 Å². The fourth-order valence-corrected chi connectivity index (χ4v) is 3.08. The lowest BCUT2D eigenvalue weighted by Gasteiger charge is -2.18. The van der Waals surface area contributed by atoms with Gasteiger partial charge in [0.2, 0.25) is 6.79 Å². The summed E-state index contributed by atoms with van der Waals surface area (Å²) in [6, 6.07) is 0. The summed E-state index contributed by atoms with van der Waals surface area (Å²) in [4.78, 5) is 23.5. The van der Waals surface area contributed by atoms with Crippen LogP contribution in [0.15, 0.2) is 12.7 Å². The van der Waals surface area contributed by atoms with E-state index in [0.717, 1.165) is 0 Å². The summed E-state index contributed by atoms with van der Waals surface area (Å²) in [7, 11) is -2.38. The van der Waals surface area contributed by atoms with E-state index in [1.165, 1.54) is 13.4 Å². The zero-order chi connectivity index (χ0) is 21.3. The van der Waals surface area contributed by atoms with Crippen LogP contribution in [0.1, 0.15) is 13.8 Å². The highest BCUT2D eigenvalue weighted by molar-refractivity contribution is 7.53. The van der Waals surface area contributed by atoms with Gasteiger partial charge in [0.15, 0.2) is 18.3 Å². The van der Waals surface area contributed by atoms with E-state index in [0.29, 0.717) is 17.7 Å². The molecule has 0 radical (unpaired) electrons. The Kier molecular flexibility index (Phi) is 8.73. The van der Waals surface area contributed by atoms with Gasteiger partial charge in [-0.05, 0) is 13.8 Å². The Hall–Kier alpha value is -2.31. The van der Waals surface area contributed by atoms with Gasteiger partial charge >= 0.3 is 13.8 Å². The number of fused-ring (bicyclic) bond motifs is 1. The Morgan fingerprint density at radius 2 is 2.00 bits per heavy atom. The molecule has 0 aliphatic carbocycles. The minimum absolute atomic E-state index is 0.148. The molecule has 0 aliphatic rings. The molecule has 162 valence electrons. The van der Waals surface area contributed by atoms with Crippen molar-refractivity contribution in [2.24, 2.45) is 0 Å².